The number of benzene rings is 1. The molecule has 1 saturated heterocycles. The molecule has 1 fully saturated rings. The van der Waals surface area contributed by atoms with Crippen LogP contribution in [0.5, 0.6) is 0 Å². The monoisotopic (exact) mass is 397 g/mol. The van der Waals surface area contributed by atoms with Gasteiger partial charge in [-0.15, -0.1) is 11.3 Å². The number of hydrogen-bond donors (Lipinski definition) is 2. The van der Waals surface area contributed by atoms with Gasteiger partial charge in [0, 0.05) is 18.8 Å². The van der Waals surface area contributed by atoms with Crippen LogP contribution in [0.2, 0.25) is 0 Å². The lowest BCUT2D eigenvalue weighted by Gasteiger charge is -2.32. The van der Waals surface area contributed by atoms with Gasteiger partial charge in [-0.25, -0.2) is 4.79 Å². The van der Waals surface area contributed by atoms with Crippen molar-refractivity contribution in [3.8, 4) is 0 Å². The molecule has 1 aromatic carbocycles. The minimum Gasteiger partial charge on any atom is -0.326 e. The number of halogens is 3. The zero-order valence-corrected chi connectivity index (χ0v) is 15.1. The van der Waals surface area contributed by atoms with E-state index in [-0.39, 0.29) is 24.2 Å². The van der Waals surface area contributed by atoms with Gasteiger partial charge in [-0.3, -0.25) is 10.1 Å². The van der Waals surface area contributed by atoms with Gasteiger partial charge in [0.15, 0.2) is 0 Å². The van der Waals surface area contributed by atoms with E-state index in [1.165, 1.54) is 23.5 Å². The van der Waals surface area contributed by atoms with Crippen molar-refractivity contribution in [2.24, 2.45) is 5.92 Å². The molecule has 2 heterocycles. The summed E-state index contributed by atoms with van der Waals surface area (Å²) in [6.45, 7) is 0.756. The topological polar surface area (TPSA) is 61.4 Å². The van der Waals surface area contributed by atoms with Crippen LogP contribution < -0.4 is 10.6 Å². The third-order valence-electron chi connectivity index (χ3n) is 4.29. The maximum atomic E-state index is 12.8. The molecule has 0 spiro atoms. The molecule has 5 nitrogen and oxygen atoms in total. The Labute approximate surface area is 158 Å². The van der Waals surface area contributed by atoms with Gasteiger partial charge in [0.25, 0.3) is 0 Å². The van der Waals surface area contributed by atoms with Crippen LogP contribution in [0.4, 0.5) is 28.7 Å². The van der Waals surface area contributed by atoms with Gasteiger partial charge in [-0.05, 0) is 48.6 Å². The fourth-order valence-electron chi connectivity index (χ4n) is 2.93. The summed E-state index contributed by atoms with van der Waals surface area (Å²) in [4.78, 5) is 26.3. The predicted octanol–water partition coefficient (Wildman–Crippen LogP) is 4.65. The second kappa shape index (κ2) is 7.99. The van der Waals surface area contributed by atoms with Gasteiger partial charge in [-0.2, -0.15) is 13.2 Å². The lowest BCUT2D eigenvalue weighted by atomic mass is 9.97. The van der Waals surface area contributed by atoms with Crippen molar-refractivity contribution in [3.63, 3.8) is 0 Å². The summed E-state index contributed by atoms with van der Waals surface area (Å²) in [5.41, 5.74) is -0.726. The van der Waals surface area contributed by atoms with E-state index in [2.05, 4.69) is 10.6 Å². The molecular weight excluding hydrogens is 379 g/mol. The van der Waals surface area contributed by atoms with E-state index in [0.717, 1.165) is 17.1 Å². The largest absolute Gasteiger partial charge is 0.416 e. The van der Waals surface area contributed by atoms with Crippen LogP contribution in [0.3, 0.4) is 0 Å². The van der Waals surface area contributed by atoms with E-state index >= 15 is 0 Å². The normalized spacial score (nSPS) is 17.4. The van der Waals surface area contributed by atoms with Gasteiger partial charge in [0.2, 0.25) is 5.91 Å². The molecule has 2 aromatic rings. The molecule has 1 aliphatic rings. The number of amides is 3. The Morgan fingerprint density at radius 2 is 1.96 bits per heavy atom. The number of piperidine rings is 1. The molecule has 3 amide bonds. The van der Waals surface area contributed by atoms with Gasteiger partial charge in [-0.1, -0.05) is 6.07 Å². The van der Waals surface area contributed by atoms with Crippen molar-refractivity contribution >= 4 is 34.0 Å². The van der Waals surface area contributed by atoms with Gasteiger partial charge < -0.3 is 10.2 Å². The molecule has 1 unspecified atom stereocenters. The molecule has 9 heteroatoms. The van der Waals surface area contributed by atoms with Crippen molar-refractivity contribution in [1.82, 2.24) is 4.90 Å². The smallest absolute Gasteiger partial charge is 0.326 e. The van der Waals surface area contributed by atoms with E-state index in [1.54, 1.807) is 11.0 Å². The number of likely N-dealkylation sites (tertiary alicyclic amines) is 1. The van der Waals surface area contributed by atoms with Crippen molar-refractivity contribution in [3.05, 3.63) is 47.3 Å². The number of thiophene rings is 1. The Kier molecular flexibility index (Phi) is 5.69. The number of anilines is 2. The molecule has 3 rings (SSSR count). The second-order valence-corrected chi connectivity index (χ2v) is 7.21. The maximum Gasteiger partial charge on any atom is 0.416 e. The highest BCUT2D eigenvalue weighted by atomic mass is 32.1. The standard InChI is InChI=1S/C18H18F3N3O2S/c19-18(20,21)13-5-1-6-14(10-13)22-16(25)12-4-2-8-24(11-12)17(26)23-15-7-3-9-27-15/h1,3,5-7,9-10,12H,2,4,8,11H2,(H,22,25)(H,23,26). The number of carbonyl (C=O) groups is 2. The number of rotatable bonds is 3. The third-order valence-corrected chi connectivity index (χ3v) is 5.07. The lowest BCUT2D eigenvalue weighted by molar-refractivity contribution is -0.137. The third kappa shape index (κ3) is 5.00. The zero-order chi connectivity index (χ0) is 19.4. The number of urea groups is 1. The fourth-order valence-corrected chi connectivity index (χ4v) is 3.53. The molecule has 0 radical (unpaired) electrons. The molecule has 1 aromatic heterocycles. The summed E-state index contributed by atoms with van der Waals surface area (Å²) in [6, 6.07) is 7.84. The minimum absolute atomic E-state index is 0.0926. The number of alkyl halides is 3. The summed E-state index contributed by atoms with van der Waals surface area (Å²) in [5.74, 6) is -0.856. The van der Waals surface area contributed by atoms with Crippen LogP contribution in [0.25, 0.3) is 0 Å². The van der Waals surface area contributed by atoms with E-state index in [1.807, 2.05) is 11.4 Å². The Morgan fingerprint density at radius 3 is 2.67 bits per heavy atom. The molecular formula is C18H18F3N3O2S. The molecule has 1 atom stereocenters. The van der Waals surface area contributed by atoms with Crippen LogP contribution in [0.1, 0.15) is 18.4 Å². The van der Waals surface area contributed by atoms with Gasteiger partial charge >= 0.3 is 12.2 Å². The van der Waals surface area contributed by atoms with E-state index in [4.69, 9.17) is 0 Å². The number of hydrogen-bond acceptors (Lipinski definition) is 3. The first-order valence-corrected chi connectivity index (χ1v) is 9.28. The second-order valence-electron chi connectivity index (χ2n) is 6.26. The molecule has 0 saturated carbocycles. The summed E-state index contributed by atoms with van der Waals surface area (Å²) >= 11 is 1.40. The molecule has 0 aliphatic carbocycles. The summed E-state index contributed by atoms with van der Waals surface area (Å²) in [5, 5.41) is 7.87. The summed E-state index contributed by atoms with van der Waals surface area (Å²) in [6.07, 6.45) is -3.24. The van der Waals surface area contributed by atoms with Crippen LogP contribution in [0.15, 0.2) is 41.8 Å². The molecule has 27 heavy (non-hydrogen) atoms. The highest BCUT2D eigenvalue weighted by molar-refractivity contribution is 7.14. The highest BCUT2D eigenvalue weighted by Crippen LogP contribution is 2.31. The fraction of sp³-hybridized carbons (Fsp3) is 0.333. The molecule has 0 bridgehead atoms. The highest BCUT2D eigenvalue weighted by Gasteiger charge is 2.31. The van der Waals surface area contributed by atoms with Gasteiger partial charge in [0.05, 0.1) is 16.5 Å². The SMILES string of the molecule is O=C(Nc1cccc(C(F)(F)F)c1)C1CCCN(C(=O)Nc2cccs2)C1. The lowest BCUT2D eigenvalue weighted by Crippen LogP contribution is -2.45. The Hall–Kier alpha value is -2.55. The Balaban J connectivity index is 1.61. The van der Waals surface area contributed by atoms with E-state index < -0.39 is 17.7 Å². The summed E-state index contributed by atoms with van der Waals surface area (Å²) < 4.78 is 38.4. The van der Waals surface area contributed by atoms with Crippen molar-refractivity contribution in [2.75, 3.05) is 23.7 Å². The first-order valence-electron chi connectivity index (χ1n) is 8.40. The van der Waals surface area contributed by atoms with Crippen LogP contribution in [-0.2, 0) is 11.0 Å². The maximum absolute atomic E-state index is 12.8. The Morgan fingerprint density at radius 1 is 1.15 bits per heavy atom. The van der Waals surface area contributed by atoms with Crippen molar-refractivity contribution in [1.29, 1.82) is 0 Å². The number of carbonyl (C=O) groups excluding carboxylic acids is 2. The average molecular weight is 397 g/mol. The Bertz CT molecular complexity index is 808. The molecule has 144 valence electrons. The van der Waals surface area contributed by atoms with E-state index in [0.29, 0.717) is 19.4 Å². The zero-order valence-electron chi connectivity index (χ0n) is 14.3. The number of nitrogens with zero attached hydrogens (tertiary/aromatic N) is 1. The van der Waals surface area contributed by atoms with Crippen molar-refractivity contribution < 1.29 is 22.8 Å². The van der Waals surface area contributed by atoms with Crippen LogP contribution in [0, 0.1) is 5.92 Å². The first-order chi connectivity index (χ1) is 12.8. The molecule has 2 N–H and O–H groups in total. The minimum atomic E-state index is -4.47. The first kappa shape index (κ1) is 19.2. The molecule has 1 aliphatic heterocycles. The van der Waals surface area contributed by atoms with Crippen LogP contribution >= 0.6 is 11.3 Å². The number of nitrogens with one attached hydrogen (secondary N) is 2. The van der Waals surface area contributed by atoms with E-state index in [9.17, 15) is 22.8 Å². The predicted molar refractivity (Wildman–Crippen MR) is 97.7 cm³/mol. The summed E-state index contributed by atoms with van der Waals surface area (Å²) in [7, 11) is 0. The average Bonchev–Trinajstić information content (AvgIpc) is 3.14. The quantitative estimate of drug-likeness (QED) is 0.792. The van der Waals surface area contributed by atoms with Crippen LogP contribution in [-0.4, -0.2) is 29.9 Å². The van der Waals surface area contributed by atoms with Gasteiger partial charge in [0.1, 0.15) is 0 Å². The van der Waals surface area contributed by atoms with Crippen molar-refractivity contribution in [2.45, 2.75) is 19.0 Å².